The summed E-state index contributed by atoms with van der Waals surface area (Å²) < 4.78 is 35.5. The number of carbonyl (C=O) groups is 2. The van der Waals surface area contributed by atoms with Gasteiger partial charge >= 0.3 is 12.1 Å². The lowest BCUT2D eigenvalue weighted by Crippen LogP contribution is -2.38. The van der Waals surface area contributed by atoms with E-state index in [-0.39, 0.29) is 13.0 Å². The number of nitrogens with zero attached hydrogens (tertiary/aromatic N) is 1. The van der Waals surface area contributed by atoms with E-state index in [4.69, 9.17) is 0 Å². The summed E-state index contributed by atoms with van der Waals surface area (Å²) in [7, 11) is 0. The van der Waals surface area contributed by atoms with Crippen LogP contribution in [-0.4, -0.2) is 29.7 Å². The highest BCUT2D eigenvalue weighted by atomic mass is 19.4. The Morgan fingerprint density at radius 1 is 1.27 bits per heavy atom. The van der Waals surface area contributed by atoms with Gasteiger partial charge in [0.2, 0.25) is 0 Å². The molecule has 0 radical (unpaired) electrons. The van der Waals surface area contributed by atoms with Gasteiger partial charge in [-0.25, -0.2) is 4.79 Å². The van der Waals surface area contributed by atoms with E-state index in [1.165, 1.54) is 0 Å². The smallest absolute Gasteiger partial charge is 0.330 e. The molecule has 86 valence electrons. The molecule has 1 amide bonds. The largest absolute Gasteiger partial charge is 0.493 e. The van der Waals surface area contributed by atoms with E-state index in [0.717, 1.165) is 6.42 Å². The molecule has 0 aliphatic carbocycles. The minimum atomic E-state index is -5.06. The van der Waals surface area contributed by atoms with Gasteiger partial charge in [-0.05, 0) is 12.8 Å². The number of halogens is 3. The first-order valence-corrected chi connectivity index (χ1v) is 4.51. The Labute approximate surface area is 83.9 Å². The maximum absolute atomic E-state index is 11.8. The highest BCUT2D eigenvalue weighted by Gasteiger charge is 2.43. The average molecular weight is 225 g/mol. The number of hydrogen-bond acceptors (Lipinski definition) is 3. The SMILES string of the molecule is O=C1CCCCCN1OC(=O)C(F)(F)F. The van der Waals surface area contributed by atoms with Gasteiger partial charge < -0.3 is 4.84 Å². The summed E-state index contributed by atoms with van der Waals surface area (Å²) in [5, 5.41) is 0.503. The van der Waals surface area contributed by atoms with Crippen molar-refractivity contribution < 1.29 is 27.6 Å². The Morgan fingerprint density at radius 3 is 2.53 bits per heavy atom. The lowest BCUT2D eigenvalue weighted by atomic mass is 10.2. The Kier molecular flexibility index (Phi) is 3.54. The molecule has 0 aromatic heterocycles. The summed E-state index contributed by atoms with van der Waals surface area (Å²) in [4.78, 5) is 25.6. The third kappa shape index (κ3) is 3.41. The Hall–Kier alpha value is -1.27. The number of alkyl halides is 3. The molecular formula is C8H10F3NO3. The van der Waals surface area contributed by atoms with Crippen molar-refractivity contribution >= 4 is 11.9 Å². The summed E-state index contributed by atoms with van der Waals surface area (Å²) in [5.41, 5.74) is 0. The van der Waals surface area contributed by atoms with Crippen molar-refractivity contribution in [1.82, 2.24) is 5.06 Å². The van der Waals surface area contributed by atoms with E-state index < -0.39 is 18.1 Å². The number of rotatable bonds is 1. The van der Waals surface area contributed by atoms with Gasteiger partial charge in [0.25, 0.3) is 5.91 Å². The van der Waals surface area contributed by atoms with Crippen molar-refractivity contribution in [3.05, 3.63) is 0 Å². The monoisotopic (exact) mass is 225 g/mol. The highest BCUT2D eigenvalue weighted by Crippen LogP contribution is 2.19. The van der Waals surface area contributed by atoms with Crippen molar-refractivity contribution in [2.75, 3.05) is 6.54 Å². The van der Waals surface area contributed by atoms with Crippen LogP contribution in [0.1, 0.15) is 25.7 Å². The third-order valence-corrected chi connectivity index (χ3v) is 1.95. The molecular weight excluding hydrogens is 215 g/mol. The maximum Gasteiger partial charge on any atom is 0.493 e. The highest BCUT2D eigenvalue weighted by molar-refractivity contribution is 5.80. The molecule has 1 aliphatic heterocycles. The average Bonchev–Trinajstić information content (AvgIpc) is 2.30. The first-order valence-electron chi connectivity index (χ1n) is 4.51. The fourth-order valence-electron chi connectivity index (χ4n) is 1.21. The van der Waals surface area contributed by atoms with Crippen LogP contribution in [0.4, 0.5) is 13.2 Å². The topological polar surface area (TPSA) is 46.6 Å². The van der Waals surface area contributed by atoms with Crippen LogP contribution < -0.4 is 0 Å². The summed E-state index contributed by atoms with van der Waals surface area (Å²) in [6.07, 6.45) is -3.06. The van der Waals surface area contributed by atoms with Crippen LogP contribution >= 0.6 is 0 Å². The molecule has 0 aromatic rings. The van der Waals surface area contributed by atoms with Gasteiger partial charge in [-0.15, -0.1) is 0 Å². The quantitative estimate of drug-likeness (QED) is 0.677. The van der Waals surface area contributed by atoms with E-state index in [1.54, 1.807) is 0 Å². The summed E-state index contributed by atoms with van der Waals surface area (Å²) >= 11 is 0. The van der Waals surface area contributed by atoms with E-state index in [9.17, 15) is 22.8 Å². The summed E-state index contributed by atoms with van der Waals surface area (Å²) in [6, 6.07) is 0. The molecule has 1 aliphatic rings. The predicted molar refractivity (Wildman–Crippen MR) is 42.3 cm³/mol. The van der Waals surface area contributed by atoms with Gasteiger partial charge in [0.05, 0.1) is 6.54 Å². The van der Waals surface area contributed by atoms with Crippen LogP contribution in [0.15, 0.2) is 0 Å². The Balaban J connectivity index is 2.56. The van der Waals surface area contributed by atoms with Crippen molar-refractivity contribution in [1.29, 1.82) is 0 Å². The van der Waals surface area contributed by atoms with Crippen molar-refractivity contribution in [2.45, 2.75) is 31.9 Å². The molecule has 7 heteroatoms. The number of hydroxylamine groups is 2. The van der Waals surface area contributed by atoms with E-state index >= 15 is 0 Å². The van der Waals surface area contributed by atoms with Crippen LogP contribution in [0.3, 0.4) is 0 Å². The molecule has 1 heterocycles. The molecule has 0 N–H and O–H groups in total. The first kappa shape index (κ1) is 11.8. The lowest BCUT2D eigenvalue weighted by molar-refractivity contribution is -0.236. The molecule has 0 spiro atoms. The lowest BCUT2D eigenvalue weighted by Gasteiger charge is -2.19. The number of hydrogen-bond donors (Lipinski definition) is 0. The minimum absolute atomic E-state index is 0.0284. The standard InChI is InChI=1S/C8H10F3NO3/c9-8(10,11)7(14)15-12-5-3-1-2-4-6(12)13/h1-5H2. The molecule has 1 saturated heterocycles. The maximum atomic E-state index is 11.8. The van der Waals surface area contributed by atoms with Crippen molar-refractivity contribution in [2.24, 2.45) is 0 Å². The summed E-state index contributed by atoms with van der Waals surface area (Å²) in [5.74, 6) is -2.93. The van der Waals surface area contributed by atoms with Gasteiger partial charge in [0, 0.05) is 6.42 Å². The second kappa shape index (κ2) is 4.50. The zero-order chi connectivity index (χ0) is 11.5. The zero-order valence-corrected chi connectivity index (χ0v) is 7.84. The van der Waals surface area contributed by atoms with Crippen LogP contribution in [0.5, 0.6) is 0 Å². The van der Waals surface area contributed by atoms with Crippen LogP contribution in [0, 0.1) is 0 Å². The fourth-order valence-corrected chi connectivity index (χ4v) is 1.21. The Morgan fingerprint density at radius 2 is 1.93 bits per heavy atom. The van der Waals surface area contributed by atoms with Gasteiger partial charge in [-0.3, -0.25) is 4.79 Å². The molecule has 4 nitrogen and oxygen atoms in total. The van der Waals surface area contributed by atoms with E-state index in [2.05, 4.69) is 4.84 Å². The molecule has 0 saturated carbocycles. The normalized spacial score (nSPS) is 18.6. The molecule has 0 unspecified atom stereocenters. The zero-order valence-electron chi connectivity index (χ0n) is 7.84. The third-order valence-electron chi connectivity index (χ3n) is 1.95. The first-order chi connectivity index (χ1) is 6.91. The van der Waals surface area contributed by atoms with Gasteiger partial charge in [-0.2, -0.15) is 18.2 Å². The van der Waals surface area contributed by atoms with Crippen molar-refractivity contribution in [3.63, 3.8) is 0 Å². The Bertz CT molecular complexity index is 264. The fraction of sp³-hybridized carbons (Fsp3) is 0.750. The van der Waals surface area contributed by atoms with E-state index in [1.807, 2.05) is 0 Å². The molecule has 0 bridgehead atoms. The van der Waals surface area contributed by atoms with Crippen molar-refractivity contribution in [3.8, 4) is 0 Å². The number of carbonyl (C=O) groups excluding carboxylic acids is 2. The van der Waals surface area contributed by atoms with Gasteiger partial charge in [0.15, 0.2) is 0 Å². The van der Waals surface area contributed by atoms with Crippen LogP contribution in [0.2, 0.25) is 0 Å². The predicted octanol–water partition coefficient (Wildman–Crippen LogP) is 1.41. The molecule has 1 rings (SSSR count). The molecule has 0 atom stereocenters. The molecule has 0 aromatic carbocycles. The van der Waals surface area contributed by atoms with Gasteiger partial charge in [-0.1, -0.05) is 6.42 Å². The minimum Gasteiger partial charge on any atom is -0.330 e. The van der Waals surface area contributed by atoms with Gasteiger partial charge in [0.1, 0.15) is 0 Å². The molecule has 15 heavy (non-hydrogen) atoms. The molecule has 1 fully saturated rings. The second-order valence-corrected chi connectivity index (χ2v) is 3.18. The van der Waals surface area contributed by atoms with Crippen LogP contribution in [0.25, 0.3) is 0 Å². The second-order valence-electron chi connectivity index (χ2n) is 3.18. The summed E-state index contributed by atoms with van der Waals surface area (Å²) in [6.45, 7) is 0.0284. The number of amides is 1. The van der Waals surface area contributed by atoms with E-state index in [0.29, 0.717) is 17.9 Å². The van der Waals surface area contributed by atoms with Crippen LogP contribution in [-0.2, 0) is 14.4 Å².